The van der Waals surface area contributed by atoms with Crippen LogP contribution in [0, 0.1) is 0 Å². The van der Waals surface area contributed by atoms with Crippen molar-refractivity contribution >= 4 is 28.6 Å². The van der Waals surface area contributed by atoms with E-state index in [2.05, 4.69) is 53.7 Å². The van der Waals surface area contributed by atoms with E-state index in [1.165, 1.54) is 10.0 Å². The van der Waals surface area contributed by atoms with Crippen molar-refractivity contribution in [3.63, 3.8) is 0 Å². The van der Waals surface area contributed by atoms with Crippen LogP contribution in [0.15, 0.2) is 28.7 Å². The molecular weight excluding hydrogens is 220 g/mol. The van der Waals surface area contributed by atoms with Crippen molar-refractivity contribution in [3.8, 4) is 0 Å². The lowest BCUT2D eigenvalue weighted by Crippen LogP contribution is -1.97. The number of hydrogen-bond acceptors (Lipinski definition) is 1. The molecule has 0 radical (unpaired) electrons. The highest BCUT2D eigenvalue weighted by Crippen LogP contribution is 2.18. The van der Waals surface area contributed by atoms with Gasteiger partial charge < -0.3 is 0 Å². The van der Waals surface area contributed by atoms with Gasteiger partial charge in [-0.3, -0.25) is 0 Å². The first-order chi connectivity index (χ1) is 5.20. The molecule has 0 bridgehead atoms. The van der Waals surface area contributed by atoms with E-state index in [0.29, 0.717) is 5.25 Å². The van der Waals surface area contributed by atoms with Crippen molar-refractivity contribution in [2.45, 2.75) is 18.6 Å². The quantitative estimate of drug-likeness (QED) is 0.741. The molecule has 0 heterocycles. The van der Waals surface area contributed by atoms with Crippen molar-refractivity contribution in [1.29, 1.82) is 0 Å². The Kier molecular flexibility index (Phi) is 3.46. The molecule has 1 unspecified atom stereocenters. The van der Waals surface area contributed by atoms with E-state index in [9.17, 15) is 0 Å². The van der Waals surface area contributed by atoms with Crippen LogP contribution in [0.2, 0.25) is 0 Å². The zero-order valence-electron chi connectivity index (χ0n) is 6.42. The highest BCUT2D eigenvalue weighted by atomic mass is 79.9. The SMILES string of the molecule is CC(S)Cc1ccccc1Br. The van der Waals surface area contributed by atoms with E-state index in [1.54, 1.807) is 0 Å². The van der Waals surface area contributed by atoms with E-state index in [4.69, 9.17) is 0 Å². The fraction of sp³-hybridized carbons (Fsp3) is 0.333. The van der Waals surface area contributed by atoms with E-state index in [1.807, 2.05) is 6.07 Å². The van der Waals surface area contributed by atoms with Crippen LogP contribution in [0.4, 0.5) is 0 Å². The second kappa shape index (κ2) is 4.17. The fourth-order valence-corrected chi connectivity index (χ4v) is 1.63. The molecule has 1 atom stereocenters. The molecule has 0 saturated carbocycles. The summed E-state index contributed by atoms with van der Waals surface area (Å²) in [7, 11) is 0. The van der Waals surface area contributed by atoms with Crippen molar-refractivity contribution in [1.82, 2.24) is 0 Å². The first-order valence-corrected chi connectivity index (χ1v) is 4.92. The molecule has 60 valence electrons. The second-order valence-electron chi connectivity index (χ2n) is 2.64. The Hall–Kier alpha value is 0.0500. The molecule has 0 amide bonds. The smallest absolute Gasteiger partial charge is 0.0207 e. The van der Waals surface area contributed by atoms with Gasteiger partial charge in [-0.05, 0) is 18.1 Å². The highest BCUT2D eigenvalue weighted by molar-refractivity contribution is 9.10. The molecular formula is C9H11BrS. The maximum atomic E-state index is 4.34. The summed E-state index contributed by atoms with van der Waals surface area (Å²) < 4.78 is 1.18. The summed E-state index contributed by atoms with van der Waals surface area (Å²) in [6, 6.07) is 8.26. The van der Waals surface area contributed by atoms with Crippen LogP contribution in [0.1, 0.15) is 12.5 Å². The van der Waals surface area contributed by atoms with Crippen molar-refractivity contribution in [3.05, 3.63) is 34.3 Å². The van der Waals surface area contributed by atoms with Gasteiger partial charge in [-0.15, -0.1) is 0 Å². The van der Waals surface area contributed by atoms with Crippen molar-refractivity contribution in [2.75, 3.05) is 0 Å². The minimum absolute atomic E-state index is 0.425. The maximum Gasteiger partial charge on any atom is 0.0207 e. The highest BCUT2D eigenvalue weighted by Gasteiger charge is 2.00. The summed E-state index contributed by atoms with van der Waals surface area (Å²) in [5.74, 6) is 0. The monoisotopic (exact) mass is 230 g/mol. The van der Waals surface area contributed by atoms with E-state index in [0.717, 1.165) is 6.42 Å². The third-order valence-electron chi connectivity index (χ3n) is 1.47. The molecule has 0 spiro atoms. The van der Waals surface area contributed by atoms with E-state index >= 15 is 0 Å². The molecule has 1 aromatic rings. The maximum absolute atomic E-state index is 4.34. The van der Waals surface area contributed by atoms with E-state index in [-0.39, 0.29) is 0 Å². The molecule has 0 fully saturated rings. The summed E-state index contributed by atoms with van der Waals surface area (Å²) in [6.07, 6.45) is 1.02. The van der Waals surface area contributed by atoms with Crippen LogP contribution in [0.5, 0.6) is 0 Å². The van der Waals surface area contributed by atoms with Gasteiger partial charge in [-0.1, -0.05) is 41.1 Å². The molecule has 0 nitrogen and oxygen atoms in total. The Balaban J connectivity index is 2.78. The average molecular weight is 231 g/mol. The second-order valence-corrected chi connectivity index (χ2v) is 4.38. The molecule has 2 heteroatoms. The summed E-state index contributed by atoms with van der Waals surface area (Å²) >= 11 is 7.83. The van der Waals surface area contributed by atoms with Gasteiger partial charge in [0.2, 0.25) is 0 Å². The predicted molar refractivity (Wildman–Crippen MR) is 56.3 cm³/mol. The van der Waals surface area contributed by atoms with Gasteiger partial charge in [-0.25, -0.2) is 0 Å². The van der Waals surface area contributed by atoms with Gasteiger partial charge in [0.25, 0.3) is 0 Å². The average Bonchev–Trinajstić information content (AvgIpc) is 1.93. The van der Waals surface area contributed by atoms with Crippen LogP contribution in [-0.2, 0) is 6.42 Å². The molecule has 11 heavy (non-hydrogen) atoms. The predicted octanol–water partition coefficient (Wildman–Crippen LogP) is 3.31. The first-order valence-electron chi connectivity index (χ1n) is 3.61. The third-order valence-corrected chi connectivity index (χ3v) is 2.43. The summed E-state index contributed by atoms with van der Waals surface area (Å²) in [4.78, 5) is 0. The largest absolute Gasteiger partial charge is 0.176 e. The van der Waals surface area contributed by atoms with Gasteiger partial charge in [-0.2, -0.15) is 12.6 Å². The number of thiol groups is 1. The van der Waals surface area contributed by atoms with Crippen LogP contribution >= 0.6 is 28.6 Å². The van der Waals surface area contributed by atoms with Crippen LogP contribution in [0.3, 0.4) is 0 Å². The lowest BCUT2D eigenvalue weighted by molar-refractivity contribution is 0.945. The zero-order chi connectivity index (χ0) is 8.27. The van der Waals surface area contributed by atoms with Gasteiger partial charge in [0.15, 0.2) is 0 Å². The Morgan fingerprint density at radius 1 is 1.45 bits per heavy atom. The Bertz CT molecular complexity index is 233. The normalized spacial score (nSPS) is 13.0. The molecule has 0 aromatic heterocycles. The first kappa shape index (κ1) is 9.14. The zero-order valence-corrected chi connectivity index (χ0v) is 8.90. The molecule has 1 rings (SSSR count). The third kappa shape index (κ3) is 2.88. The topological polar surface area (TPSA) is 0 Å². The Morgan fingerprint density at radius 3 is 2.64 bits per heavy atom. The van der Waals surface area contributed by atoms with Gasteiger partial charge in [0.05, 0.1) is 0 Å². The number of hydrogen-bond donors (Lipinski definition) is 1. The van der Waals surface area contributed by atoms with Crippen molar-refractivity contribution < 1.29 is 0 Å². The molecule has 0 N–H and O–H groups in total. The number of rotatable bonds is 2. The molecule has 0 saturated heterocycles. The lowest BCUT2D eigenvalue weighted by Gasteiger charge is -2.05. The fourth-order valence-electron chi connectivity index (χ4n) is 0.982. The van der Waals surface area contributed by atoms with Crippen molar-refractivity contribution in [2.24, 2.45) is 0 Å². The van der Waals surface area contributed by atoms with Crippen LogP contribution in [0.25, 0.3) is 0 Å². The minimum Gasteiger partial charge on any atom is -0.176 e. The van der Waals surface area contributed by atoms with Gasteiger partial charge >= 0.3 is 0 Å². The molecule has 0 aliphatic carbocycles. The minimum atomic E-state index is 0.425. The Labute approximate surface area is 81.5 Å². The molecule has 0 aliphatic rings. The Morgan fingerprint density at radius 2 is 2.09 bits per heavy atom. The van der Waals surface area contributed by atoms with Gasteiger partial charge in [0.1, 0.15) is 0 Å². The molecule has 0 aliphatic heterocycles. The molecule has 1 aromatic carbocycles. The van der Waals surface area contributed by atoms with Gasteiger partial charge in [0, 0.05) is 9.72 Å². The summed E-state index contributed by atoms with van der Waals surface area (Å²) in [6.45, 7) is 2.10. The summed E-state index contributed by atoms with van der Waals surface area (Å²) in [5, 5.41) is 0.425. The van der Waals surface area contributed by atoms with E-state index < -0.39 is 0 Å². The number of benzene rings is 1. The summed E-state index contributed by atoms with van der Waals surface area (Å²) in [5.41, 5.74) is 1.33. The number of halogens is 1. The van der Waals surface area contributed by atoms with Crippen LogP contribution < -0.4 is 0 Å². The standard InChI is InChI=1S/C9H11BrS/c1-7(11)6-8-4-2-3-5-9(8)10/h2-5,7,11H,6H2,1H3. The lowest BCUT2D eigenvalue weighted by atomic mass is 10.1. The van der Waals surface area contributed by atoms with Crippen LogP contribution in [-0.4, -0.2) is 5.25 Å².